The van der Waals surface area contributed by atoms with Crippen LogP contribution in [0.5, 0.6) is 5.88 Å². The average Bonchev–Trinajstić information content (AvgIpc) is 2.67. The van der Waals surface area contributed by atoms with Crippen molar-refractivity contribution in [2.24, 2.45) is 0 Å². The normalized spacial score (nSPS) is 9.92. The van der Waals surface area contributed by atoms with Crippen LogP contribution >= 0.6 is 0 Å². The summed E-state index contributed by atoms with van der Waals surface area (Å²) < 4.78 is 6.76. The number of methoxy groups -OCH3 is 1. The maximum atomic E-state index is 4.98. The quantitative estimate of drug-likeness (QED) is 0.695. The first-order chi connectivity index (χ1) is 6.40. The number of rotatable bonds is 2. The van der Waals surface area contributed by atoms with Gasteiger partial charge in [0.2, 0.25) is 5.88 Å². The zero-order valence-electron chi connectivity index (χ0n) is 7.34. The minimum atomic E-state index is 0.629. The Kier molecular flexibility index (Phi) is 2.00. The maximum Gasteiger partial charge on any atom is 0.232 e. The van der Waals surface area contributed by atoms with E-state index in [1.165, 1.54) is 0 Å². The molecular weight excluding hydrogens is 164 g/mol. The van der Waals surface area contributed by atoms with E-state index in [4.69, 9.17) is 4.74 Å². The third-order valence-corrected chi connectivity index (χ3v) is 1.79. The topological polar surface area (TPSA) is 27.1 Å². The molecule has 0 fully saturated rings. The summed E-state index contributed by atoms with van der Waals surface area (Å²) in [6, 6.07) is 11.7. The molecule has 1 aromatic heterocycles. The lowest BCUT2D eigenvalue weighted by Crippen LogP contribution is -1.94. The summed E-state index contributed by atoms with van der Waals surface area (Å²) in [5.74, 6) is 0.629. The predicted molar refractivity (Wildman–Crippen MR) is 50.1 cm³/mol. The van der Waals surface area contributed by atoms with Crippen LogP contribution in [0.4, 0.5) is 0 Å². The van der Waals surface area contributed by atoms with Gasteiger partial charge in [-0.15, -0.1) is 5.10 Å². The molecule has 0 atom stereocenters. The van der Waals surface area contributed by atoms with Crippen LogP contribution in [0.3, 0.4) is 0 Å². The van der Waals surface area contributed by atoms with Crippen LogP contribution in [0.1, 0.15) is 0 Å². The Morgan fingerprint density at radius 3 is 2.54 bits per heavy atom. The summed E-state index contributed by atoms with van der Waals surface area (Å²) in [6.07, 6.45) is 1.87. The zero-order chi connectivity index (χ0) is 9.10. The number of benzene rings is 1. The van der Waals surface area contributed by atoms with Gasteiger partial charge < -0.3 is 4.74 Å². The summed E-state index contributed by atoms with van der Waals surface area (Å²) in [6.45, 7) is 0. The highest BCUT2D eigenvalue weighted by Gasteiger charge is 1.98. The van der Waals surface area contributed by atoms with Gasteiger partial charge in [0.05, 0.1) is 12.8 Å². The molecule has 2 rings (SSSR count). The van der Waals surface area contributed by atoms with Gasteiger partial charge >= 0.3 is 0 Å². The summed E-state index contributed by atoms with van der Waals surface area (Å²) >= 11 is 0. The molecule has 13 heavy (non-hydrogen) atoms. The molecule has 0 spiro atoms. The van der Waals surface area contributed by atoms with E-state index >= 15 is 0 Å². The number of ether oxygens (including phenoxy) is 1. The number of nitrogens with zero attached hydrogens (tertiary/aromatic N) is 2. The third kappa shape index (κ3) is 1.54. The summed E-state index contributed by atoms with van der Waals surface area (Å²) in [4.78, 5) is 0. The molecule has 0 bridgehead atoms. The van der Waals surface area contributed by atoms with Crippen molar-refractivity contribution in [2.45, 2.75) is 0 Å². The van der Waals surface area contributed by atoms with Crippen LogP contribution < -0.4 is 4.74 Å². The summed E-state index contributed by atoms with van der Waals surface area (Å²) in [7, 11) is 1.61. The Labute approximate surface area is 76.6 Å². The molecule has 3 heteroatoms. The lowest BCUT2D eigenvalue weighted by atomic mass is 10.3. The van der Waals surface area contributed by atoms with Crippen molar-refractivity contribution >= 4 is 0 Å². The minimum absolute atomic E-state index is 0.629. The van der Waals surface area contributed by atoms with Gasteiger partial charge in [-0.1, -0.05) is 18.2 Å². The fraction of sp³-hybridized carbons (Fsp3) is 0.100. The smallest absolute Gasteiger partial charge is 0.232 e. The molecule has 0 aliphatic heterocycles. The average molecular weight is 174 g/mol. The van der Waals surface area contributed by atoms with Crippen molar-refractivity contribution in [3.8, 4) is 11.6 Å². The first-order valence-corrected chi connectivity index (χ1v) is 4.05. The SMILES string of the molecule is COc1ccn(-c2ccccc2)n1. The van der Waals surface area contributed by atoms with Gasteiger partial charge in [-0.3, -0.25) is 0 Å². The van der Waals surface area contributed by atoms with E-state index in [0.717, 1.165) is 5.69 Å². The Morgan fingerprint density at radius 2 is 1.92 bits per heavy atom. The van der Waals surface area contributed by atoms with Crippen LogP contribution in [0.2, 0.25) is 0 Å². The highest BCUT2D eigenvalue weighted by molar-refractivity contribution is 5.30. The Balaban J connectivity index is 2.36. The Hall–Kier alpha value is -1.77. The highest BCUT2D eigenvalue weighted by atomic mass is 16.5. The Bertz CT molecular complexity index is 381. The maximum absolute atomic E-state index is 4.98. The molecular formula is C10H10N2O. The molecule has 2 aromatic rings. The second kappa shape index (κ2) is 3.31. The molecule has 0 radical (unpaired) electrons. The molecule has 1 heterocycles. The van der Waals surface area contributed by atoms with Crippen molar-refractivity contribution in [1.29, 1.82) is 0 Å². The van der Waals surface area contributed by atoms with E-state index in [1.54, 1.807) is 11.8 Å². The first kappa shape index (κ1) is 7.86. The van der Waals surface area contributed by atoms with Crippen LogP contribution in [0.25, 0.3) is 5.69 Å². The molecule has 1 aromatic carbocycles. The second-order valence-corrected chi connectivity index (χ2v) is 2.64. The van der Waals surface area contributed by atoms with E-state index < -0.39 is 0 Å². The van der Waals surface area contributed by atoms with E-state index in [9.17, 15) is 0 Å². The van der Waals surface area contributed by atoms with Gasteiger partial charge in [0.25, 0.3) is 0 Å². The van der Waals surface area contributed by atoms with Gasteiger partial charge in [-0.25, -0.2) is 4.68 Å². The molecule has 0 aliphatic rings. The fourth-order valence-corrected chi connectivity index (χ4v) is 1.14. The zero-order valence-corrected chi connectivity index (χ0v) is 7.34. The lowest BCUT2D eigenvalue weighted by Gasteiger charge is -1.98. The van der Waals surface area contributed by atoms with Crippen molar-refractivity contribution < 1.29 is 4.74 Å². The largest absolute Gasteiger partial charge is 0.480 e. The molecule has 0 amide bonds. The molecule has 0 saturated heterocycles. The van der Waals surface area contributed by atoms with Crippen LogP contribution in [-0.2, 0) is 0 Å². The second-order valence-electron chi connectivity index (χ2n) is 2.64. The number of hydrogen-bond acceptors (Lipinski definition) is 2. The van der Waals surface area contributed by atoms with E-state index in [0.29, 0.717) is 5.88 Å². The minimum Gasteiger partial charge on any atom is -0.480 e. The van der Waals surface area contributed by atoms with E-state index in [2.05, 4.69) is 5.10 Å². The Morgan fingerprint density at radius 1 is 1.15 bits per heavy atom. The highest BCUT2D eigenvalue weighted by Crippen LogP contribution is 2.10. The number of aromatic nitrogens is 2. The van der Waals surface area contributed by atoms with Gasteiger partial charge in [0, 0.05) is 12.3 Å². The monoisotopic (exact) mass is 174 g/mol. The molecule has 0 saturated carbocycles. The van der Waals surface area contributed by atoms with Gasteiger partial charge in [0.15, 0.2) is 0 Å². The summed E-state index contributed by atoms with van der Waals surface area (Å²) in [5.41, 5.74) is 1.03. The van der Waals surface area contributed by atoms with E-state index in [-0.39, 0.29) is 0 Å². The van der Waals surface area contributed by atoms with Crippen molar-refractivity contribution in [3.63, 3.8) is 0 Å². The third-order valence-electron chi connectivity index (χ3n) is 1.79. The van der Waals surface area contributed by atoms with Crippen molar-refractivity contribution in [1.82, 2.24) is 9.78 Å². The molecule has 0 unspecified atom stereocenters. The predicted octanol–water partition coefficient (Wildman–Crippen LogP) is 1.88. The summed E-state index contributed by atoms with van der Waals surface area (Å²) in [5, 5.41) is 4.19. The van der Waals surface area contributed by atoms with Crippen molar-refractivity contribution in [3.05, 3.63) is 42.6 Å². The molecule has 0 N–H and O–H groups in total. The van der Waals surface area contributed by atoms with Crippen LogP contribution in [-0.4, -0.2) is 16.9 Å². The van der Waals surface area contributed by atoms with Gasteiger partial charge in [-0.2, -0.15) is 0 Å². The number of para-hydroxylation sites is 1. The molecule has 3 nitrogen and oxygen atoms in total. The van der Waals surface area contributed by atoms with Gasteiger partial charge in [-0.05, 0) is 12.1 Å². The molecule has 0 aliphatic carbocycles. The van der Waals surface area contributed by atoms with Gasteiger partial charge in [0.1, 0.15) is 0 Å². The molecule has 66 valence electrons. The fourth-order valence-electron chi connectivity index (χ4n) is 1.14. The lowest BCUT2D eigenvalue weighted by molar-refractivity contribution is 0.394. The first-order valence-electron chi connectivity index (χ1n) is 4.05. The van der Waals surface area contributed by atoms with Crippen LogP contribution in [0.15, 0.2) is 42.6 Å². The van der Waals surface area contributed by atoms with E-state index in [1.807, 2.05) is 42.6 Å². The standard InChI is InChI=1S/C10H10N2O/c1-13-10-7-8-12(11-10)9-5-3-2-4-6-9/h2-8H,1H3. The number of hydrogen-bond donors (Lipinski definition) is 0. The van der Waals surface area contributed by atoms with Crippen LogP contribution in [0, 0.1) is 0 Å². The van der Waals surface area contributed by atoms with Crippen molar-refractivity contribution in [2.75, 3.05) is 7.11 Å².